The van der Waals surface area contributed by atoms with Crippen molar-refractivity contribution in [2.24, 2.45) is 0 Å². The summed E-state index contributed by atoms with van der Waals surface area (Å²) in [7, 11) is 1.23. The maximum atomic E-state index is 2.26. The van der Waals surface area contributed by atoms with Crippen molar-refractivity contribution in [1.29, 1.82) is 0 Å². The Kier molecular flexibility index (Phi) is 3.92. The van der Waals surface area contributed by atoms with E-state index in [1.165, 1.54) is 26.4 Å². The fourth-order valence-electron chi connectivity index (χ4n) is 1.58. The van der Waals surface area contributed by atoms with E-state index in [0.717, 1.165) is 0 Å². The highest BCUT2D eigenvalue weighted by Crippen LogP contribution is 1.99. The topological polar surface area (TPSA) is 0 Å². The summed E-state index contributed by atoms with van der Waals surface area (Å²) in [5, 5.41) is 0. The molecule has 0 aliphatic rings. The minimum atomic E-state index is 1.23. The van der Waals surface area contributed by atoms with Gasteiger partial charge in [0.2, 0.25) is 0 Å². The molecule has 0 saturated carbocycles. The molecule has 1 heteroatoms. The molecule has 1 aromatic carbocycles. The number of aryl methyl sites for hydroxylation is 1. The van der Waals surface area contributed by atoms with E-state index >= 15 is 0 Å². The molecule has 0 saturated heterocycles. The van der Waals surface area contributed by atoms with E-state index in [-0.39, 0.29) is 0 Å². The molecule has 0 aliphatic heterocycles. The average Bonchev–Trinajstić information content (AvgIpc) is 2.09. The molecule has 0 nitrogen and oxygen atoms in total. The lowest BCUT2D eigenvalue weighted by Gasteiger charge is -2.05. The lowest BCUT2D eigenvalue weighted by Crippen LogP contribution is -2.17. The maximum Gasteiger partial charge on any atom is 0.157 e. The predicted molar refractivity (Wildman–Crippen MR) is 57.7 cm³/mol. The Morgan fingerprint density at radius 2 is 1.92 bits per heavy atom. The van der Waals surface area contributed by atoms with Crippen LogP contribution in [0.4, 0.5) is 0 Å². The normalized spacial score (nSPS) is 9.83. The third kappa shape index (κ3) is 2.40. The van der Waals surface area contributed by atoms with Crippen LogP contribution in [0.2, 0.25) is 6.32 Å². The van der Waals surface area contributed by atoms with Gasteiger partial charge in [-0.3, -0.25) is 0 Å². The van der Waals surface area contributed by atoms with E-state index in [9.17, 15) is 0 Å². The van der Waals surface area contributed by atoms with Gasteiger partial charge >= 0.3 is 0 Å². The first-order chi connectivity index (χ1) is 5.88. The predicted octanol–water partition coefficient (Wildman–Crippen LogP) is 2.14. The largest absolute Gasteiger partial charge is 0.157 e. The minimum Gasteiger partial charge on any atom is -0.0814 e. The summed E-state index contributed by atoms with van der Waals surface area (Å²) >= 11 is 0. The Morgan fingerprint density at radius 1 is 1.17 bits per heavy atom. The third-order valence-electron chi connectivity index (χ3n) is 2.16. The van der Waals surface area contributed by atoms with E-state index in [2.05, 4.69) is 38.1 Å². The van der Waals surface area contributed by atoms with Gasteiger partial charge in [-0.1, -0.05) is 61.9 Å². The van der Waals surface area contributed by atoms with Crippen LogP contribution < -0.4 is 5.46 Å². The van der Waals surface area contributed by atoms with E-state index in [1.54, 1.807) is 11.0 Å². The van der Waals surface area contributed by atoms with Gasteiger partial charge in [0.05, 0.1) is 0 Å². The second-order valence-corrected chi connectivity index (χ2v) is 3.27. The van der Waals surface area contributed by atoms with Crippen molar-refractivity contribution in [1.82, 2.24) is 0 Å². The van der Waals surface area contributed by atoms with Crippen LogP contribution in [0.1, 0.15) is 25.8 Å². The SMILES string of the molecule is CCBc1ccccc1CCC. The van der Waals surface area contributed by atoms with Gasteiger partial charge in [0, 0.05) is 0 Å². The first-order valence-electron chi connectivity index (χ1n) is 4.95. The molecule has 0 radical (unpaired) electrons. The van der Waals surface area contributed by atoms with Crippen molar-refractivity contribution in [3.8, 4) is 0 Å². The second-order valence-electron chi connectivity index (χ2n) is 3.27. The molecule has 1 aromatic rings. The highest BCUT2D eigenvalue weighted by Gasteiger charge is 1.99. The zero-order chi connectivity index (χ0) is 8.81. The molecule has 1 rings (SSSR count). The van der Waals surface area contributed by atoms with Gasteiger partial charge in [0.25, 0.3) is 0 Å². The van der Waals surface area contributed by atoms with Crippen molar-refractivity contribution in [2.75, 3.05) is 0 Å². The number of hydrogen-bond donors (Lipinski definition) is 0. The van der Waals surface area contributed by atoms with Gasteiger partial charge < -0.3 is 0 Å². The van der Waals surface area contributed by atoms with Gasteiger partial charge in [0.15, 0.2) is 7.28 Å². The molecule has 12 heavy (non-hydrogen) atoms. The number of rotatable bonds is 4. The van der Waals surface area contributed by atoms with Crippen molar-refractivity contribution in [2.45, 2.75) is 33.0 Å². The van der Waals surface area contributed by atoms with Gasteiger partial charge in [-0.25, -0.2) is 0 Å². The van der Waals surface area contributed by atoms with Crippen LogP contribution in [-0.4, -0.2) is 7.28 Å². The smallest absolute Gasteiger partial charge is 0.0814 e. The summed E-state index contributed by atoms with van der Waals surface area (Å²) in [5.74, 6) is 0. The summed E-state index contributed by atoms with van der Waals surface area (Å²) in [6.45, 7) is 4.48. The molecule has 0 fully saturated rings. The van der Waals surface area contributed by atoms with Gasteiger partial charge in [-0.05, 0) is 6.42 Å². The molecule has 0 heterocycles. The monoisotopic (exact) mass is 160 g/mol. The second kappa shape index (κ2) is 5.02. The summed E-state index contributed by atoms with van der Waals surface area (Å²) in [5.41, 5.74) is 3.09. The molecule has 0 atom stereocenters. The molecule has 64 valence electrons. The molecule has 0 bridgehead atoms. The zero-order valence-corrected chi connectivity index (χ0v) is 8.14. The highest BCUT2D eigenvalue weighted by atomic mass is 14.0. The number of hydrogen-bond acceptors (Lipinski definition) is 0. The molecule has 0 amide bonds. The molecule has 0 aliphatic carbocycles. The van der Waals surface area contributed by atoms with Crippen LogP contribution in [0, 0.1) is 0 Å². The standard InChI is InChI=1S/C11H17B/c1-3-7-10-8-5-6-9-11(10)12-4-2/h5-6,8-9,12H,3-4,7H2,1-2H3. The minimum absolute atomic E-state index is 1.23. The summed E-state index contributed by atoms with van der Waals surface area (Å²) in [6, 6.07) is 8.80. The fourth-order valence-corrected chi connectivity index (χ4v) is 1.58. The molecule has 0 spiro atoms. The first kappa shape index (κ1) is 9.37. The summed E-state index contributed by atoms with van der Waals surface area (Å²) in [6.07, 6.45) is 3.73. The van der Waals surface area contributed by atoms with Gasteiger partial charge in [-0.2, -0.15) is 0 Å². The Hall–Kier alpha value is -0.715. The average molecular weight is 160 g/mol. The molecular weight excluding hydrogens is 143 g/mol. The van der Waals surface area contributed by atoms with Gasteiger partial charge in [-0.15, -0.1) is 0 Å². The van der Waals surface area contributed by atoms with Crippen LogP contribution in [0.5, 0.6) is 0 Å². The van der Waals surface area contributed by atoms with E-state index in [4.69, 9.17) is 0 Å². The van der Waals surface area contributed by atoms with Crippen LogP contribution in [-0.2, 0) is 6.42 Å². The van der Waals surface area contributed by atoms with E-state index < -0.39 is 0 Å². The summed E-state index contributed by atoms with van der Waals surface area (Å²) < 4.78 is 0. The van der Waals surface area contributed by atoms with Crippen molar-refractivity contribution in [3.05, 3.63) is 29.8 Å². The first-order valence-corrected chi connectivity index (χ1v) is 4.95. The molecule has 0 N–H and O–H groups in total. The quantitative estimate of drug-likeness (QED) is 0.592. The molecular formula is C11H17B. The zero-order valence-electron chi connectivity index (χ0n) is 8.14. The highest BCUT2D eigenvalue weighted by molar-refractivity contribution is 6.53. The van der Waals surface area contributed by atoms with E-state index in [0.29, 0.717) is 0 Å². The molecule has 0 aromatic heterocycles. The van der Waals surface area contributed by atoms with Crippen molar-refractivity contribution < 1.29 is 0 Å². The van der Waals surface area contributed by atoms with E-state index in [1.807, 2.05) is 0 Å². The number of benzene rings is 1. The van der Waals surface area contributed by atoms with Crippen molar-refractivity contribution in [3.63, 3.8) is 0 Å². The third-order valence-corrected chi connectivity index (χ3v) is 2.16. The molecule has 0 unspecified atom stereocenters. The summed E-state index contributed by atoms with van der Waals surface area (Å²) in [4.78, 5) is 0. The Morgan fingerprint density at radius 3 is 2.58 bits per heavy atom. The van der Waals surface area contributed by atoms with Gasteiger partial charge in [0.1, 0.15) is 0 Å². The van der Waals surface area contributed by atoms with Crippen LogP contribution in [0.3, 0.4) is 0 Å². The van der Waals surface area contributed by atoms with Crippen LogP contribution >= 0.6 is 0 Å². The van der Waals surface area contributed by atoms with Crippen molar-refractivity contribution >= 4 is 12.7 Å². The Bertz CT molecular complexity index is 205. The maximum absolute atomic E-state index is 2.26. The lowest BCUT2D eigenvalue weighted by molar-refractivity contribution is 0.927. The Balaban J connectivity index is 2.77. The van der Waals surface area contributed by atoms with Crippen LogP contribution in [0.15, 0.2) is 24.3 Å². The lowest BCUT2D eigenvalue weighted by atomic mass is 9.65. The Labute approximate surface area is 76.2 Å². The van der Waals surface area contributed by atoms with Crippen LogP contribution in [0.25, 0.3) is 0 Å². The fraction of sp³-hybridized carbons (Fsp3) is 0.455.